The summed E-state index contributed by atoms with van der Waals surface area (Å²) in [5, 5.41) is 11.8. The third-order valence-electron chi connectivity index (χ3n) is 1.51. The van der Waals surface area contributed by atoms with E-state index in [-0.39, 0.29) is 11.4 Å². The molecule has 0 atom stereocenters. The SMILES string of the molecule is CN(C)Nc1ccc([N+](=O)[O-])cc1F. The summed E-state index contributed by atoms with van der Waals surface area (Å²) in [5.74, 6) is -0.645. The van der Waals surface area contributed by atoms with E-state index < -0.39 is 10.7 Å². The van der Waals surface area contributed by atoms with Crippen LogP contribution in [0.4, 0.5) is 15.8 Å². The minimum Gasteiger partial charge on any atom is -0.317 e. The summed E-state index contributed by atoms with van der Waals surface area (Å²) >= 11 is 0. The molecule has 0 spiro atoms. The molecule has 0 aliphatic rings. The molecule has 0 heterocycles. The van der Waals surface area contributed by atoms with Crippen molar-refractivity contribution in [2.75, 3.05) is 19.5 Å². The number of hydrazine groups is 1. The molecule has 0 aliphatic carbocycles. The highest BCUT2D eigenvalue weighted by Gasteiger charge is 2.10. The number of rotatable bonds is 3. The van der Waals surface area contributed by atoms with Crippen molar-refractivity contribution in [1.82, 2.24) is 5.01 Å². The van der Waals surface area contributed by atoms with E-state index in [4.69, 9.17) is 0 Å². The zero-order chi connectivity index (χ0) is 10.7. The predicted octanol–water partition coefficient (Wildman–Crippen LogP) is 1.62. The summed E-state index contributed by atoms with van der Waals surface area (Å²) in [7, 11) is 3.39. The molecule has 0 aromatic heterocycles. The monoisotopic (exact) mass is 199 g/mol. The topological polar surface area (TPSA) is 58.4 Å². The van der Waals surface area contributed by atoms with Crippen molar-refractivity contribution in [3.05, 3.63) is 34.1 Å². The first kappa shape index (κ1) is 10.4. The molecular formula is C8H10FN3O2. The third kappa shape index (κ3) is 2.40. The number of nitrogens with zero attached hydrogens (tertiary/aromatic N) is 2. The zero-order valence-electron chi connectivity index (χ0n) is 7.82. The van der Waals surface area contributed by atoms with Crippen molar-refractivity contribution in [3.8, 4) is 0 Å². The molecule has 6 heteroatoms. The van der Waals surface area contributed by atoms with E-state index in [1.807, 2.05) is 0 Å². The number of nitrogens with one attached hydrogen (secondary N) is 1. The van der Waals surface area contributed by atoms with Gasteiger partial charge < -0.3 is 5.43 Å². The molecule has 0 fully saturated rings. The summed E-state index contributed by atoms with van der Waals surface area (Å²) in [6, 6.07) is 3.45. The van der Waals surface area contributed by atoms with Crippen LogP contribution in [-0.2, 0) is 0 Å². The number of nitro benzene ring substituents is 1. The van der Waals surface area contributed by atoms with E-state index in [0.29, 0.717) is 0 Å². The van der Waals surface area contributed by atoms with Gasteiger partial charge in [0.15, 0.2) is 5.82 Å². The van der Waals surface area contributed by atoms with Gasteiger partial charge in [-0.15, -0.1) is 0 Å². The van der Waals surface area contributed by atoms with E-state index in [1.165, 1.54) is 12.1 Å². The van der Waals surface area contributed by atoms with Crippen molar-refractivity contribution in [1.29, 1.82) is 0 Å². The van der Waals surface area contributed by atoms with Crippen molar-refractivity contribution in [3.63, 3.8) is 0 Å². The molecule has 0 bridgehead atoms. The van der Waals surface area contributed by atoms with Gasteiger partial charge in [0.05, 0.1) is 16.7 Å². The molecule has 0 saturated heterocycles. The lowest BCUT2D eigenvalue weighted by Crippen LogP contribution is -2.20. The van der Waals surface area contributed by atoms with E-state index in [0.717, 1.165) is 6.07 Å². The van der Waals surface area contributed by atoms with Crippen LogP contribution in [0.15, 0.2) is 18.2 Å². The maximum Gasteiger partial charge on any atom is 0.272 e. The van der Waals surface area contributed by atoms with Crippen LogP contribution in [-0.4, -0.2) is 24.0 Å². The molecule has 0 unspecified atom stereocenters. The summed E-state index contributed by atoms with van der Waals surface area (Å²) < 4.78 is 13.2. The first-order valence-corrected chi connectivity index (χ1v) is 3.88. The number of non-ortho nitro benzene ring substituents is 1. The molecule has 0 amide bonds. The van der Waals surface area contributed by atoms with Crippen LogP contribution >= 0.6 is 0 Å². The third-order valence-corrected chi connectivity index (χ3v) is 1.51. The van der Waals surface area contributed by atoms with Gasteiger partial charge in [-0.1, -0.05) is 0 Å². The van der Waals surface area contributed by atoms with E-state index in [2.05, 4.69) is 5.43 Å². The fourth-order valence-corrected chi connectivity index (χ4v) is 0.949. The average Bonchev–Trinajstić information content (AvgIpc) is 2.07. The first-order chi connectivity index (χ1) is 6.50. The molecule has 0 radical (unpaired) electrons. The van der Waals surface area contributed by atoms with Gasteiger partial charge in [0, 0.05) is 20.2 Å². The maximum absolute atomic E-state index is 13.2. The number of anilines is 1. The van der Waals surface area contributed by atoms with Crippen LogP contribution in [0.5, 0.6) is 0 Å². The first-order valence-electron chi connectivity index (χ1n) is 3.88. The second kappa shape index (κ2) is 4.01. The van der Waals surface area contributed by atoms with Crippen LogP contribution in [0.3, 0.4) is 0 Å². The van der Waals surface area contributed by atoms with Crippen molar-refractivity contribution in [2.45, 2.75) is 0 Å². The van der Waals surface area contributed by atoms with Gasteiger partial charge in [0.2, 0.25) is 0 Å². The van der Waals surface area contributed by atoms with Crippen molar-refractivity contribution < 1.29 is 9.31 Å². The normalized spacial score (nSPS) is 10.3. The van der Waals surface area contributed by atoms with Crippen molar-refractivity contribution in [2.24, 2.45) is 0 Å². The number of benzene rings is 1. The molecular weight excluding hydrogens is 189 g/mol. The van der Waals surface area contributed by atoms with Gasteiger partial charge in [-0.25, -0.2) is 9.40 Å². The summed E-state index contributed by atoms with van der Waals surface area (Å²) in [6.45, 7) is 0. The summed E-state index contributed by atoms with van der Waals surface area (Å²) in [5.41, 5.74) is 2.63. The fraction of sp³-hybridized carbons (Fsp3) is 0.250. The number of hydrogen-bond acceptors (Lipinski definition) is 4. The van der Waals surface area contributed by atoms with Gasteiger partial charge in [0.1, 0.15) is 0 Å². The minimum atomic E-state index is -0.645. The van der Waals surface area contributed by atoms with Crippen molar-refractivity contribution >= 4 is 11.4 Å². The van der Waals surface area contributed by atoms with Crippen LogP contribution in [0.1, 0.15) is 0 Å². The molecule has 1 N–H and O–H groups in total. The van der Waals surface area contributed by atoms with Gasteiger partial charge >= 0.3 is 0 Å². The summed E-state index contributed by atoms with van der Waals surface area (Å²) in [4.78, 5) is 9.66. The van der Waals surface area contributed by atoms with E-state index in [9.17, 15) is 14.5 Å². The highest BCUT2D eigenvalue weighted by molar-refractivity contribution is 5.49. The largest absolute Gasteiger partial charge is 0.317 e. The Hall–Kier alpha value is -1.69. The number of nitro groups is 1. The Labute approximate surface area is 80.3 Å². The summed E-state index contributed by atoms with van der Waals surface area (Å²) in [6.07, 6.45) is 0. The smallest absolute Gasteiger partial charge is 0.272 e. The Morgan fingerprint density at radius 3 is 2.57 bits per heavy atom. The van der Waals surface area contributed by atoms with Crippen LogP contribution in [0, 0.1) is 15.9 Å². The maximum atomic E-state index is 13.2. The lowest BCUT2D eigenvalue weighted by atomic mass is 10.3. The second-order valence-corrected chi connectivity index (χ2v) is 2.93. The zero-order valence-corrected chi connectivity index (χ0v) is 7.82. The molecule has 1 rings (SSSR count). The standard InChI is InChI=1S/C8H10FN3O2/c1-11(2)10-8-4-3-6(12(13)14)5-7(8)9/h3-5,10H,1-2H3. The van der Waals surface area contributed by atoms with Gasteiger partial charge in [-0.05, 0) is 6.07 Å². The highest BCUT2D eigenvalue weighted by atomic mass is 19.1. The van der Waals surface area contributed by atoms with Crippen LogP contribution < -0.4 is 5.43 Å². The lowest BCUT2D eigenvalue weighted by Gasteiger charge is -2.13. The molecule has 1 aromatic rings. The Kier molecular flexibility index (Phi) is 2.98. The molecule has 14 heavy (non-hydrogen) atoms. The van der Waals surface area contributed by atoms with E-state index >= 15 is 0 Å². The highest BCUT2D eigenvalue weighted by Crippen LogP contribution is 2.20. The molecule has 0 saturated carbocycles. The molecule has 5 nitrogen and oxygen atoms in total. The van der Waals surface area contributed by atoms with Gasteiger partial charge in [-0.2, -0.15) is 0 Å². The number of halogens is 1. The Morgan fingerprint density at radius 2 is 2.14 bits per heavy atom. The minimum absolute atomic E-state index is 0.209. The Bertz CT molecular complexity index is 354. The van der Waals surface area contributed by atoms with Gasteiger partial charge in [0.25, 0.3) is 5.69 Å². The predicted molar refractivity (Wildman–Crippen MR) is 50.4 cm³/mol. The van der Waals surface area contributed by atoms with Gasteiger partial charge in [-0.3, -0.25) is 10.1 Å². The molecule has 76 valence electrons. The average molecular weight is 199 g/mol. The fourth-order valence-electron chi connectivity index (χ4n) is 0.949. The lowest BCUT2D eigenvalue weighted by molar-refractivity contribution is -0.385. The van der Waals surface area contributed by atoms with Crippen LogP contribution in [0.25, 0.3) is 0 Å². The van der Waals surface area contributed by atoms with Crippen LogP contribution in [0.2, 0.25) is 0 Å². The van der Waals surface area contributed by atoms with E-state index in [1.54, 1.807) is 19.1 Å². The quantitative estimate of drug-likeness (QED) is 0.593. The Morgan fingerprint density at radius 1 is 1.50 bits per heavy atom. The molecule has 0 aliphatic heterocycles. The molecule has 1 aromatic carbocycles. The second-order valence-electron chi connectivity index (χ2n) is 2.93. The number of hydrogen-bond donors (Lipinski definition) is 1. The Balaban J connectivity index is 2.95.